The Bertz CT molecular complexity index is 99.5. The van der Waals surface area contributed by atoms with Crippen LogP contribution in [0.3, 0.4) is 0 Å². The van der Waals surface area contributed by atoms with Crippen molar-refractivity contribution in [3.05, 3.63) is 0 Å². The largest absolute Gasteiger partial charge is 0.250 e. The van der Waals surface area contributed by atoms with Crippen molar-refractivity contribution in [1.82, 2.24) is 4.31 Å². The predicted molar refractivity (Wildman–Crippen MR) is 41.3 cm³/mol. The zero-order valence-corrected chi connectivity index (χ0v) is 6.66. The van der Waals surface area contributed by atoms with Crippen LogP contribution in [0.25, 0.3) is 0 Å². The third kappa shape index (κ3) is 0.987. The fourth-order valence-corrected chi connectivity index (χ4v) is 2.69. The molecule has 52 valence electrons. The van der Waals surface area contributed by atoms with Gasteiger partial charge in [0.2, 0.25) is 0 Å². The molecule has 2 bridgehead atoms. The standard InChI is InChI=1S/C7H13NS/c1-9-8-4-6-2-7(3-6)5-8/h6-7H,2-5H2,1H3. The molecule has 9 heavy (non-hydrogen) atoms. The Labute approximate surface area is 60.9 Å². The van der Waals surface area contributed by atoms with Gasteiger partial charge in [0.1, 0.15) is 0 Å². The highest BCUT2D eigenvalue weighted by Gasteiger charge is 2.36. The second-order valence-corrected chi connectivity index (χ2v) is 4.11. The highest BCUT2D eigenvalue weighted by molar-refractivity contribution is 7.96. The van der Waals surface area contributed by atoms with Crippen molar-refractivity contribution in [2.75, 3.05) is 19.3 Å². The molecule has 2 heterocycles. The van der Waals surface area contributed by atoms with Crippen molar-refractivity contribution in [3.8, 4) is 0 Å². The van der Waals surface area contributed by atoms with Crippen LogP contribution in [0.1, 0.15) is 12.8 Å². The number of fused-ring (bicyclic) bond motifs is 2. The number of rotatable bonds is 1. The molecule has 1 saturated carbocycles. The fraction of sp³-hybridized carbons (Fsp3) is 1.00. The molecule has 0 aromatic carbocycles. The number of piperidine rings is 2. The summed E-state index contributed by atoms with van der Waals surface area (Å²) in [6, 6.07) is 0. The zero-order chi connectivity index (χ0) is 6.27. The van der Waals surface area contributed by atoms with Crippen LogP contribution in [0.5, 0.6) is 0 Å². The minimum atomic E-state index is 1.07. The van der Waals surface area contributed by atoms with Gasteiger partial charge in [-0.15, -0.1) is 0 Å². The molecule has 0 radical (unpaired) electrons. The van der Waals surface area contributed by atoms with Crippen LogP contribution in [-0.2, 0) is 0 Å². The Kier molecular flexibility index (Phi) is 1.46. The maximum atomic E-state index is 2.50. The summed E-state index contributed by atoms with van der Waals surface area (Å²) in [6.07, 6.45) is 5.24. The second kappa shape index (κ2) is 2.17. The van der Waals surface area contributed by atoms with Gasteiger partial charge >= 0.3 is 0 Å². The fourth-order valence-electron chi connectivity index (χ4n) is 1.97. The Hall–Kier alpha value is 0.310. The van der Waals surface area contributed by atoms with E-state index in [2.05, 4.69) is 10.6 Å². The molecule has 0 atom stereocenters. The maximum absolute atomic E-state index is 2.50. The SMILES string of the molecule is CSN1CC2CC(C2)C1. The molecule has 2 saturated heterocycles. The quantitative estimate of drug-likeness (QED) is 0.513. The van der Waals surface area contributed by atoms with Gasteiger partial charge < -0.3 is 0 Å². The van der Waals surface area contributed by atoms with Crippen molar-refractivity contribution in [2.24, 2.45) is 11.8 Å². The molecule has 3 rings (SSSR count). The summed E-state index contributed by atoms with van der Waals surface area (Å²) in [5, 5.41) is 0. The molecular formula is C7H13NS. The van der Waals surface area contributed by atoms with Crippen LogP contribution in [0.2, 0.25) is 0 Å². The van der Waals surface area contributed by atoms with E-state index in [1.54, 1.807) is 0 Å². The van der Waals surface area contributed by atoms with E-state index < -0.39 is 0 Å². The van der Waals surface area contributed by atoms with Crippen molar-refractivity contribution < 1.29 is 0 Å². The third-order valence-electron chi connectivity index (χ3n) is 2.52. The van der Waals surface area contributed by atoms with Gasteiger partial charge in [-0.25, -0.2) is 0 Å². The van der Waals surface area contributed by atoms with E-state index in [0.29, 0.717) is 0 Å². The van der Waals surface area contributed by atoms with Gasteiger partial charge in [0, 0.05) is 13.1 Å². The lowest BCUT2D eigenvalue weighted by Crippen LogP contribution is -2.45. The van der Waals surface area contributed by atoms with Crippen molar-refractivity contribution in [2.45, 2.75) is 12.8 Å². The van der Waals surface area contributed by atoms with E-state index >= 15 is 0 Å². The lowest BCUT2D eigenvalue weighted by Gasteiger charge is -2.46. The summed E-state index contributed by atoms with van der Waals surface area (Å²) >= 11 is 1.91. The summed E-state index contributed by atoms with van der Waals surface area (Å²) in [7, 11) is 0. The molecule has 1 nitrogen and oxygen atoms in total. The molecular weight excluding hydrogens is 130 g/mol. The highest BCUT2D eigenvalue weighted by Crippen LogP contribution is 2.40. The first-order chi connectivity index (χ1) is 4.38. The van der Waals surface area contributed by atoms with Crippen LogP contribution in [0, 0.1) is 11.8 Å². The van der Waals surface area contributed by atoms with E-state index in [4.69, 9.17) is 0 Å². The van der Waals surface area contributed by atoms with Gasteiger partial charge in [0.15, 0.2) is 0 Å². The second-order valence-electron chi connectivity index (χ2n) is 3.23. The number of nitrogens with zero attached hydrogens (tertiary/aromatic N) is 1. The Balaban J connectivity index is 1.89. The van der Waals surface area contributed by atoms with Gasteiger partial charge in [0.05, 0.1) is 0 Å². The van der Waals surface area contributed by atoms with E-state index in [9.17, 15) is 0 Å². The minimum absolute atomic E-state index is 1.07. The average molecular weight is 143 g/mol. The minimum Gasteiger partial charge on any atom is -0.250 e. The molecule has 2 heteroatoms. The van der Waals surface area contributed by atoms with Crippen molar-refractivity contribution in [1.29, 1.82) is 0 Å². The molecule has 2 aliphatic heterocycles. The summed E-state index contributed by atoms with van der Waals surface area (Å²) in [4.78, 5) is 0. The molecule has 3 aliphatic rings. The molecule has 0 aromatic rings. The molecule has 0 aromatic heterocycles. The van der Waals surface area contributed by atoms with E-state index in [-0.39, 0.29) is 0 Å². The summed E-state index contributed by atoms with van der Waals surface area (Å²) in [5.41, 5.74) is 0. The topological polar surface area (TPSA) is 3.24 Å². The molecule has 0 unspecified atom stereocenters. The first-order valence-electron chi connectivity index (χ1n) is 3.67. The van der Waals surface area contributed by atoms with Gasteiger partial charge in [0.25, 0.3) is 0 Å². The normalized spacial score (nSPS) is 42.3. The van der Waals surface area contributed by atoms with E-state index in [0.717, 1.165) is 11.8 Å². The highest BCUT2D eigenvalue weighted by atomic mass is 32.2. The average Bonchev–Trinajstić information content (AvgIpc) is 1.87. The summed E-state index contributed by atoms with van der Waals surface area (Å²) in [6.45, 7) is 2.72. The summed E-state index contributed by atoms with van der Waals surface area (Å²) in [5.74, 6) is 2.13. The van der Waals surface area contributed by atoms with Crippen molar-refractivity contribution in [3.63, 3.8) is 0 Å². The molecule has 1 aliphatic carbocycles. The van der Waals surface area contributed by atoms with Crippen LogP contribution >= 0.6 is 11.9 Å². The lowest BCUT2D eigenvalue weighted by molar-refractivity contribution is 0.0839. The molecule has 3 fully saturated rings. The van der Waals surface area contributed by atoms with Crippen molar-refractivity contribution >= 4 is 11.9 Å². The number of hydrogen-bond donors (Lipinski definition) is 0. The Morgan fingerprint density at radius 2 is 1.78 bits per heavy atom. The maximum Gasteiger partial charge on any atom is 0.0118 e. The number of hydrogen-bond acceptors (Lipinski definition) is 2. The monoisotopic (exact) mass is 143 g/mol. The zero-order valence-electron chi connectivity index (χ0n) is 5.84. The van der Waals surface area contributed by atoms with Gasteiger partial charge in [-0.05, 0) is 30.9 Å². The molecule has 0 spiro atoms. The van der Waals surface area contributed by atoms with Crippen LogP contribution in [0.4, 0.5) is 0 Å². The van der Waals surface area contributed by atoms with Gasteiger partial charge in [-0.1, -0.05) is 11.9 Å². The Morgan fingerprint density at radius 1 is 1.22 bits per heavy atom. The smallest absolute Gasteiger partial charge is 0.0118 e. The predicted octanol–water partition coefficient (Wildman–Crippen LogP) is 1.61. The Morgan fingerprint density at radius 3 is 2.11 bits per heavy atom. The van der Waals surface area contributed by atoms with Crippen LogP contribution in [-0.4, -0.2) is 23.7 Å². The van der Waals surface area contributed by atoms with E-state index in [1.165, 1.54) is 25.9 Å². The first kappa shape index (κ1) is 6.05. The van der Waals surface area contributed by atoms with Gasteiger partial charge in [-0.2, -0.15) is 0 Å². The third-order valence-corrected chi connectivity index (χ3v) is 3.33. The van der Waals surface area contributed by atoms with E-state index in [1.807, 2.05) is 11.9 Å². The van der Waals surface area contributed by atoms with Crippen LogP contribution < -0.4 is 0 Å². The van der Waals surface area contributed by atoms with Crippen LogP contribution in [0.15, 0.2) is 0 Å². The molecule has 0 amide bonds. The summed E-state index contributed by atoms with van der Waals surface area (Å²) < 4.78 is 2.50. The first-order valence-corrected chi connectivity index (χ1v) is 4.85. The lowest BCUT2D eigenvalue weighted by atomic mass is 9.72. The van der Waals surface area contributed by atoms with Gasteiger partial charge in [-0.3, -0.25) is 4.31 Å². The molecule has 0 N–H and O–H groups in total.